The van der Waals surface area contributed by atoms with Crippen LogP contribution in [0.15, 0.2) is 0 Å². The Morgan fingerprint density at radius 3 is 2.55 bits per heavy atom. The fourth-order valence-corrected chi connectivity index (χ4v) is 2.32. The first kappa shape index (κ1) is 17.1. The molecule has 6 heteroatoms. The molecule has 1 heterocycles. The van der Waals surface area contributed by atoms with Crippen molar-refractivity contribution in [2.24, 2.45) is 0 Å². The molecule has 0 aromatic carbocycles. The lowest BCUT2D eigenvalue weighted by Gasteiger charge is -2.35. The number of aliphatic hydroxyl groups is 1. The molecule has 1 aliphatic heterocycles. The second-order valence-corrected chi connectivity index (χ2v) is 5.35. The number of likely N-dealkylation sites (N-methyl/N-ethyl adjacent to an activating group) is 1. The van der Waals surface area contributed by atoms with Crippen LogP contribution < -0.4 is 0 Å². The van der Waals surface area contributed by atoms with Crippen molar-refractivity contribution < 1.29 is 24.2 Å². The minimum atomic E-state index is -0.769. The Hall–Kier alpha value is -0.980. The van der Waals surface area contributed by atoms with Crippen molar-refractivity contribution in [1.29, 1.82) is 0 Å². The third kappa shape index (κ3) is 6.45. The minimum absolute atomic E-state index is 0.0174. The van der Waals surface area contributed by atoms with E-state index in [1.807, 2.05) is 0 Å². The van der Waals surface area contributed by atoms with Crippen LogP contribution in [0.1, 0.15) is 32.6 Å². The topological polar surface area (TPSA) is 76.1 Å². The van der Waals surface area contributed by atoms with Crippen molar-refractivity contribution in [1.82, 2.24) is 4.90 Å². The van der Waals surface area contributed by atoms with Crippen LogP contribution >= 0.6 is 0 Å². The summed E-state index contributed by atoms with van der Waals surface area (Å²) in [4.78, 5) is 24.7. The van der Waals surface area contributed by atoms with E-state index in [0.717, 1.165) is 0 Å². The number of ketones is 1. The summed E-state index contributed by atoms with van der Waals surface area (Å²) < 4.78 is 9.99. The first-order valence-electron chi connectivity index (χ1n) is 7.11. The van der Waals surface area contributed by atoms with Gasteiger partial charge in [0, 0.05) is 39.0 Å². The summed E-state index contributed by atoms with van der Waals surface area (Å²) in [6.45, 7) is 3.87. The Morgan fingerprint density at radius 2 is 1.95 bits per heavy atom. The van der Waals surface area contributed by atoms with E-state index in [0.29, 0.717) is 39.2 Å². The molecule has 1 aliphatic rings. The van der Waals surface area contributed by atoms with E-state index in [2.05, 4.69) is 0 Å². The lowest BCUT2D eigenvalue weighted by molar-refractivity contribution is -0.144. The van der Waals surface area contributed by atoms with Gasteiger partial charge in [-0.2, -0.15) is 0 Å². The zero-order valence-electron chi connectivity index (χ0n) is 12.4. The molecule has 0 spiro atoms. The van der Waals surface area contributed by atoms with E-state index in [4.69, 9.17) is 9.47 Å². The van der Waals surface area contributed by atoms with Crippen molar-refractivity contribution in [3.05, 3.63) is 0 Å². The van der Waals surface area contributed by atoms with Gasteiger partial charge in [0.15, 0.2) is 0 Å². The highest BCUT2D eigenvalue weighted by Crippen LogP contribution is 2.21. The van der Waals surface area contributed by atoms with Crippen molar-refractivity contribution >= 4 is 11.8 Å². The molecular weight excluding hydrogens is 262 g/mol. The maximum Gasteiger partial charge on any atom is 0.306 e. The van der Waals surface area contributed by atoms with E-state index in [-0.39, 0.29) is 31.1 Å². The molecule has 1 fully saturated rings. The molecule has 116 valence electrons. The van der Waals surface area contributed by atoms with Gasteiger partial charge in [-0.15, -0.1) is 0 Å². The highest BCUT2D eigenvalue weighted by Gasteiger charge is 2.31. The highest BCUT2D eigenvalue weighted by atomic mass is 16.5. The van der Waals surface area contributed by atoms with E-state index in [9.17, 15) is 14.7 Å². The number of hydrogen-bond acceptors (Lipinski definition) is 6. The molecule has 0 aromatic rings. The Labute approximate surface area is 120 Å². The van der Waals surface area contributed by atoms with Crippen molar-refractivity contribution in [2.75, 3.05) is 40.0 Å². The van der Waals surface area contributed by atoms with E-state index >= 15 is 0 Å². The van der Waals surface area contributed by atoms with Gasteiger partial charge in [0.05, 0.1) is 25.2 Å². The Morgan fingerprint density at radius 1 is 1.30 bits per heavy atom. The number of hydrogen-bond donors (Lipinski definition) is 1. The number of rotatable bonds is 8. The van der Waals surface area contributed by atoms with Gasteiger partial charge in [-0.25, -0.2) is 0 Å². The number of nitrogens with zero attached hydrogens (tertiary/aromatic N) is 1. The average molecular weight is 287 g/mol. The first-order valence-corrected chi connectivity index (χ1v) is 7.11. The van der Waals surface area contributed by atoms with Crippen molar-refractivity contribution in [3.8, 4) is 0 Å². The summed E-state index contributed by atoms with van der Waals surface area (Å²) in [6.07, 6.45) is 1.49. The molecular formula is C14H25NO5. The molecule has 0 amide bonds. The van der Waals surface area contributed by atoms with Crippen LogP contribution in [0.3, 0.4) is 0 Å². The van der Waals surface area contributed by atoms with Gasteiger partial charge in [0.25, 0.3) is 0 Å². The monoisotopic (exact) mass is 287 g/mol. The SMILES string of the molecule is CCOC(=O)CCC(=O)CN(C)CC1(O)CCOCC1. The number of ether oxygens (including phenoxy) is 2. The van der Waals surface area contributed by atoms with Gasteiger partial charge in [-0.3, -0.25) is 14.5 Å². The maximum absolute atomic E-state index is 11.8. The molecule has 20 heavy (non-hydrogen) atoms. The number of carbonyl (C=O) groups is 2. The minimum Gasteiger partial charge on any atom is -0.466 e. The van der Waals surface area contributed by atoms with Crippen molar-refractivity contribution in [3.63, 3.8) is 0 Å². The van der Waals surface area contributed by atoms with Crippen LogP contribution in [0.25, 0.3) is 0 Å². The molecule has 0 saturated carbocycles. The van der Waals surface area contributed by atoms with Crippen LogP contribution in [0, 0.1) is 0 Å². The Kier molecular flexibility index (Phi) is 7.12. The first-order chi connectivity index (χ1) is 9.45. The van der Waals surface area contributed by atoms with Gasteiger partial charge in [0.2, 0.25) is 0 Å². The van der Waals surface area contributed by atoms with E-state index in [1.165, 1.54) is 0 Å². The van der Waals surface area contributed by atoms with E-state index in [1.54, 1.807) is 18.9 Å². The molecule has 0 unspecified atom stereocenters. The fourth-order valence-electron chi connectivity index (χ4n) is 2.32. The predicted octanol–water partition coefficient (Wildman–Crippen LogP) is 0.372. The molecule has 1 N–H and O–H groups in total. The largest absolute Gasteiger partial charge is 0.466 e. The van der Waals surface area contributed by atoms with Gasteiger partial charge in [-0.05, 0) is 14.0 Å². The smallest absolute Gasteiger partial charge is 0.306 e. The number of esters is 1. The third-order valence-corrected chi connectivity index (χ3v) is 3.35. The summed E-state index contributed by atoms with van der Waals surface area (Å²) >= 11 is 0. The summed E-state index contributed by atoms with van der Waals surface area (Å²) in [7, 11) is 1.80. The fraction of sp³-hybridized carbons (Fsp3) is 0.857. The van der Waals surface area contributed by atoms with Gasteiger partial charge < -0.3 is 14.6 Å². The molecule has 1 saturated heterocycles. The lowest BCUT2D eigenvalue weighted by Crippen LogP contribution is -2.46. The molecule has 6 nitrogen and oxygen atoms in total. The van der Waals surface area contributed by atoms with Crippen LogP contribution in [-0.2, 0) is 19.1 Å². The number of carbonyl (C=O) groups excluding carboxylic acids is 2. The normalized spacial score (nSPS) is 18.0. The average Bonchev–Trinajstić information content (AvgIpc) is 2.36. The van der Waals surface area contributed by atoms with Crippen LogP contribution in [-0.4, -0.2) is 67.3 Å². The standard InChI is InChI=1S/C14H25NO5/c1-3-20-13(17)5-4-12(16)10-15(2)11-14(18)6-8-19-9-7-14/h18H,3-11H2,1-2H3. The summed E-state index contributed by atoms with van der Waals surface area (Å²) in [5.41, 5.74) is -0.769. The quantitative estimate of drug-likeness (QED) is 0.650. The molecule has 0 aliphatic carbocycles. The number of Topliss-reactive ketones (excluding diaryl/α,β-unsaturated/α-hetero) is 1. The van der Waals surface area contributed by atoms with Crippen LogP contribution in [0.5, 0.6) is 0 Å². The van der Waals surface area contributed by atoms with Gasteiger partial charge >= 0.3 is 5.97 Å². The van der Waals surface area contributed by atoms with Crippen LogP contribution in [0.2, 0.25) is 0 Å². The van der Waals surface area contributed by atoms with Gasteiger partial charge in [-0.1, -0.05) is 0 Å². The van der Waals surface area contributed by atoms with Crippen molar-refractivity contribution in [2.45, 2.75) is 38.2 Å². The zero-order valence-corrected chi connectivity index (χ0v) is 12.4. The highest BCUT2D eigenvalue weighted by molar-refractivity contribution is 5.84. The van der Waals surface area contributed by atoms with Gasteiger partial charge in [0.1, 0.15) is 5.78 Å². The molecule has 1 rings (SSSR count). The zero-order chi connectivity index (χ0) is 15.0. The lowest BCUT2D eigenvalue weighted by atomic mass is 9.94. The summed E-state index contributed by atoms with van der Waals surface area (Å²) in [5, 5.41) is 10.3. The molecule has 0 radical (unpaired) electrons. The molecule has 0 atom stereocenters. The second kappa shape index (κ2) is 8.34. The Bertz CT molecular complexity index is 326. The maximum atomic E-state index is 11.8. The Balaban J connectivity index is 2.25. The predicted molar refractivity (Wildman–Crippen MR) is 73.4 cm³/mol. The summed E-state index contributed by atoms with van der Waals surface area (Å²) in [6, 6.07) is 0. The van der Waals surface area contributed by atoms with Crippen LogP contribution in [0.4, 0.5) is 0 Å². The van der Waals surface area contributed by atoms with E-state index < -0.39 is 5.60 Å². The second-order valence-electron chi connectivity index (χ2n) is 5.35. The summed E-state index contributed by atoms with van der Waals surface area (Å²) in [5.74, 6) is -0.359. The third-order valence-electron chi connectivity index (χ3n) is 3.35. The molecule has 0 bridgehead atoms. The molecule has 0 aromatic heterocycles.